The number of thiazole rings is 1. The molecule has 1 aromatic carbocycles. The summed E-state index contributed by atoms with van der Waals surface area (Å²) in [4.78, 5) is 19.9. The van der Waals surface area contributed by atoms with Crippen LogP contribution < -0.4 is 19.8 Å². The smallest absolute Gasteiger partial charge is 0.270 e. The molecule has 2 heterocycles. The van der Waals surface area contributed by atoms with Crippen LogP contribution in [-0.2, 0) is 6.54 Å². The molecule has 3 rings (SSSR count). The Kier molecular flexibility index (Phi) is 3.92. The van der Waals surface area contributed by atoms with Crippen molar-refractivity contribution in [1.29, 1.82) is 0 Å². The lowest BCUT2D eigenvalue weighted by atomic mass is 10.1. The van der Waals surface area contributed by atoms with Crippen LogP contribution in [0.4, 0.5) is 5.69 Å². The topological polar surface area (TPSA) is 37.6 Å². The highest BCUT2D eigenvalue weighted by Crippen LogP contribution is 2.20. The van der Waals surface area contributed by atoms with E-state index < -0.39 is 0 Å². The SMILES string of the molecule is CCN(CC)c1ccccc1/C=c1\sc2n(c1=O)CCN=2. The summed E-state index contributed by atoms with van der Waals surface area (Å²) in [5, 5.41) is 0. The van der Waals surface area contributed by atoms with Crippen molar-refractivity contribution in [3.05, 3.63) is 49.5 Å². The highest BCUT2D eigenvalue weighted by Gasteiger charge is 2.11. The number of anilines is 1. The van der Waals surface area contributed by atoms with Crippen molar-refractivity contribution in [1.82, 2.24) is 4.57 Å². The zero-order valence-electron chi connectivity index (χ0n) is 12.4. The van der Waals surface area contributed by atoms with Gasteiger partial charge in [-0.3, -0.25) is 14.4 Å². The zero-order valence-corrected chi connectivity index (χ0v) is 13.2. The molecule has 4 nitrogen and oxygen atoms in total. The molecule has 0 unspecified atom stereocenters. The second-order valence-corrected chi connectivity index (χ2v) is 5.97. The first kappa shape index (κ1) is 14.1. The molecule has 0 atom stereocenters. The van der Waals surface area contributed by atoms with Crippen molar-refractivity contribution < 1.29 is 0 Å². The van der Waals surface area contributed by atoms with Gasteiger partial charge in [-0.1, -0.05) is 29.5 Å². The van der Waals surface area contributed by atoms with Crippen LogP contribution in [0.3, 0.4) is 0 Å². The predicted molar refractivity (Wildman–Crippen MR) is 87.8 cm³/mol. The van der Waals surface area contributed by atoms with Crippen LogP contribution in [0.25, 0.3) is 6.08 Å². The molecule has 1 aliphatic rings. The first-order chi connectivity index (χ1) is 10.2. The largest absolute Gasteiger partial charge is 0.372 e. The van der Waals surface area contributed by atoms with Crippen LogP contribution in [-0.4, -0.2) is 24.2 Å². The van der Waals surface area contributed by atoms with Gasteiger partial charge in [0, 0.05) is 25.3 Å². The van der Waals surface area contributed by atoms with Crippen molar-refractivity contribution in [2.75, 3.05) is 24.5 Å². The molecule has 0 fully saturated rings. The molecule has 1 aliphatic heterocycles. The molecular formula is C16H19N3OS. The van der Waals surface area contributed by atoms with Crippen LogP contribution in [0, 0.1) is 0 Å². The average molecular weight is 301 g/mol. The number of fused-ring (bicyclic) bond motifs is 1. The second kappa shape index (κ2) is 5.85. The maximum atomic E-state index is 12.4. The minimum Gasteiger partial charge on any atom is -0.372 e. The molecule has 21 heavy (non-hydrogen) atoms. The summed E-state index contributed by atoms with van der Waals surface area (Å²) in [5.74, 6) is 0. The van der Waals surface area contributed by atoms with Crippen LogP contribution in [0.1, 0.15) is 19.4 Å². The Hall–Kier alpha value is -1.88. The van der Waals surface area contributed by atoms with Crippen LogP contribution >= 0.6 is 11.3 Å². The molecule has 5 heteroatoms. The van der Waals surface area contributed by atoms with Gasteiger partial charge in [-0.05, 0) is 31.6 Å². The van der Waals surface area contributed by atoms with E-state index in [-0.39, 0.29) is 5.56 Å². The van der Waals surface area contributed by atoms with E-state index in [0.29, 0.717) is 0 Å². The molecule has 1 aromatic heterocycles. The summed E-state index contributed by atoms with van der Waals surface area (Å²) in [5.41, 5.74) is 2.36. The van der Waals surface area contributed by atoms with Crippen molar-refractivity contribution in [2.45, 2.75) is 20.4 Å². The summed E-state index contributed by atoms with van der Waals surface area (Å²) in [7, 11) is 0. The number of rotatable bonds is 4. The number of aromatic nitrogens is 1. The first-order valence-corrected chi connectivity index (χ1v) is 8.16. The van der Waals surface area contributed by atoms with E-state index in [0.717, 1.165) is 41.1 Å². The van der Waals surface area contributed by atoms with Gasteiger partial charge in [0.15, 0.2) is 4.80 Å². The lowest BCUT2D eigenvalue weighted by molar-refractivity contribution is 0.740. The van der Waals surface area contributed by atoms with E-state index in [1.807, 2.05) is 18.2 Å². The van der Waals surface area contributed by atoms with Crippen LogP contribution in [0.5, 0.6) is 0 Å². The summed E-state index contributed by atoms with van der Waals surface area (Å²) in [6.07, 6.45) is 2.00. The molecule has 110 valence electrons. The molecule has 0 amide bonds. The average Bonchev–Trinajstić information content (AvgIpc) is 3.06. The van der Waals surface area contributed by atoms with Gasteiger partial charge < -0.3 is 4.90 Å². The fourth-order valence-corrected chi connectivity index (χ4v) is 3.69. The third-order valence-electron chi connectivity index (χ3n) is 3.79. The van der Waals surface area contributed by atoms with Gasteiger partial charge in [-0.15, -0.1) is 0 Å². The molecule has 0 bridgehead atoms. The molecule has 2 aromatic rings. The molecule has 0 aliphatic carbocycles. The lowest BCUT2D eigenvalue weighted by Gasteiger charge is -2.22. The van der Waals surface area contributed by atoms with Crippen molar-refractivity contribution in [3.63, 3.8) is 0 Å². The summed E-state index contributed by atoms with van der Waals surface area (Å²) in [6, 6.07) is 8.24. The Morgan fingerprint density at radius 2 is 2.10 bits per heavy atom. The van der Waals surface area contributed by atoms with Gasteiger partial charge in [-0.25, -0.2) is 0 Å². The Morgan fingerprint density at radius 1 is 1.33 bits per heavy atom. The molecular weight excluding hydrogens is 282 g/mol. The summed E-state index contributed by atoms with van der Waals surface area (Å²) >= 11 is 1.49. The van der Waals surface area contributed by atoms with Gasteiger partial charge >= 0.3 is 0 Å². The monoisotopic (exact) mass is 301 g/mol. The van der Waals surface area contributed by atoms with Crippen LogP contribution in [0.2, 0.25) is 0 Å². The Labute approximate surface area is 127 Å². The van der Waals surface area contributed by atoms with Crippen molar-refractivity contribution in [3.8, 4) is 0 Å². The normalized spacial score (nSPS) is 14.1. The van der Waals surface area contributed by atoms with Crippen molar-refractivity contribution in [2.24, 2.45) is 4.99 Å². The number of benzene rings is 1. The Morgan fingerprint density at radius 3 is 2.81 bits per heavy atom. The van der Waals surface area contributed by atoms with E-state index in [2.05, 4.69) is 35.9 Å². The molecule has 0 saturated heterocycles. The highest BCUT2D eigenvalue weighted by atomic mass is 32.1. The van der Waals surface area contributed by atoms with Crippen LogP contribution in [0.15, 0.2) is 34.1 Å². The van der Waals surface area contributed by atoms with E-state index >= 15 is 0 Å². The van der Waals surface area contributed by atoms with Gasteiger partial charge in [0.1, 0.15) is 0 Å². The van der Waals surface area contributed by atoms with Crippen molar-refractivity contribution >= 4 is 23.1 Å². The number of para-hydroxylation sites is 1. The second-order valence-electron chi connectivity index (χ2n) is 4.96. The van der Waals surface area contributed by atoms with E-state index in [1.165, 1.54) is 17.0 Å². The van der Waals surface area contributed by atoms with Gasteiger partial charge in [0.2, 0.25) is 0 Å². The summed E-state index contributed by atoms with van der Waals surface area (Å²) < 4.78 is 2.55. The minimum absolute atomic E-state index is 0.0885. The third-order valence-corrected chi connectivity index (χ3v) is 4.83. The van der Waals surface area contributed by atoms with Gasteiger partial charge in [0.05, 0.1) is 11.1 Å². The molecule has 0 saturated carbocycles. The fourth-order valence-electron chi connectivity index (χ4n) is 2.67. The van der Waals surface area contributed by atoms with Gasteiger partial charge in [-0.2, -0.15) is 0 Å². The maximum Gasteiger partial charge on any atom is 0.270 e. The quantitative estimate of drug-likeness (QED) is 0.851. The zero-order chi connectivity index (χ0) is 14.8. The lowest BCUT2D eigenvalue weighted by Crippen LogP contribution is -2.29. The van der Waals surface area contributed by atoms with E-state index in [4.69, 9.17) is 0 Å². The minimum atomic E-state index is 0.0885. The molecule has 0 N–H and O–H groups in total. The van der Waals surface area contributed by atoms with Gasteiger partial charge in [0.25, 0.3) is 5.56 Å². The standard InChI is InChI=1S/C16H19N3OS/c1-3-18(4-2)13-8-6-5-7-12(13)11-14-15(20)19-10-9-17-16(19)21-14/h5-8,11H,3-4,9-10H2,1-2H3/b14-11-. The Balaban J connectivity index is 2.15. The molecule has 0 spiro atoms. The van der Waals surface area contributed by atoms with E-state index in [1.54, 1.807) is 4.57 Å². The third kappa shape index (κ3) is 2.53. The predicted octanol–water partition coefficient (Wildman–Crippen LogP) is 1.22. The number of nitrogens with zero attached hydrogens (tertiary/aromatic N) is 3. The first-order valence-electron chi connectivity index (χ1n) is 7.34. The number of hydrogen-bond donors (Lipinski definition) is 0. The number of hydrogen-bond acceptors (Lipinski definition) is 4. The van der Waals surface area contributed by atoms with E-state index in [9.17, 15) is 4.79 Å². The fraction of sp³-hybridized carbons (Fsp3) is 0.375. The summed E-state index contributed by atoms with van der Waals surface area (Å²) in [6.45, 7) is 7.66. The maximum absolute atomic E-state index is 12.4. The Bertz CT molecular complexity index is 815. The highest BCUT2D eigenvalue weighted by molar-refractivity contribution is 7.07. The molecule has 0 radical (unpaired) electrons.